The normalized spacial score (nSPS) is 23.4. The third-order valence-corrected chi connectivity index (χ3v) is 3.42. The molecule has 1 aliphatic carbocycles. The highest BCUT2D eigenvalue weighted by Crippen LogP contribution is 2.28. The molecule has 3 atom stereocenters. The Bertz CT molecular complexity index is 391. The van der Waals surface area contributed by atoms with Crippen LogP contribution >= 0.6 is 0 Å². The summed E-state index contributed by atoms with van der Waals surface area (Å²) in [7, 11) is 0. The zero-order valence-electron chi connectivity index (χ0n) is 11.1. The molecule has 1 N–H and O–H groups in total. The predicted molar refractivity (Wildman–Crippen MR) is 71.0 cm³/mol. The van der Waals surface area contributed by atoms with Gasteiger partial charge in [0.1, 0.15) is 6.61 Å². The van der Waals surface area contributed by atoms with E-state index in [4.69, 9.17) is 4.74 Å². The first-order valence-electron chi connectivity index (χ1n) is 6.60. The lowest BCUT2D eigenvalue weighted by Crippen LogP contribution is -2.29. The van der Waals surface area contributed by atoms with Gasteiger partial charge in [0.25, 0.3) is 0 Å². The van der Waals surface area contributed by atoms with E-state index in [-0.39, 0.29) is 11.9 Å². The van der Waals surface area contributed by atoms with E-state index in [0.717, 1.165) is 11.5 Å². The number of ether oxygens (including phenoxy) is 1. The Morgan fingerprint density at radius 1 is 1.44 bits per heavy atom. The minimum Gasteiger partial charge on any atom is -0.461 e. The van der Waals surface area contributed by atoms with Gasteiger partial charge in [-0.05, 0) is 17.9 Å². The minimum absolute atomic E-state index is 0.0819. The first-order chi connectivity index (χ1) is 8.66. The molecule has 1 saturated carbocycles. The molecule has 18 heavy (non-hydrogen) atoms. The summed E-state index contributed by atoms with van der Waals surface area (Å²) in [5.41, 5.74) is 1.03. The van der Waals surface area contributed by atoms with E-state index in [1.54, 1.807) is 0 Å². The number of nitrogens with one attached hydrogen (secondary N) is 1. The summed E-state index contributed by atoms with van der Waals surface area (Å²) in [6.45, 7) is 5.20. The molecule has 0 spiro atoms. The highest BCUT2D eigenvalue weighted by Gasteiger charge is 2.32. The van der Waals surface area contributed by atoms with Crippen molar-refractivity contribution in [1.82, 2.24) is 5.32 Å². The summed E-state index contributed by atoms with van der Waals surface area (Å²) in [6.07, 6.45) is 1.23. The summed E-state index contributed by atoms with van der Waals surface area (Å²) < 4.78 is 5.29. The van der Waals surface area contributed by atoms with Gasteiger partial charge in [0.15, 0.2) is 0 Å². The van der Waals surface area contributed by atoms with Crippen LogP contribution in [0, 0.1) is 11.8 Å². The highest BCUT2D eigenvalue weighted by atomic mass is 16.5. The molecule has 0 heterocycles. The summed E-state index contributed by atoms with van der Waals surface area (Å²) >= 11 is 0. The van der Waals surface area contributed by atoms with E-state index in [1.807, 2.05) is 37.3 Å². The first kappa shape index (κ1) is 13.1. The van der Waals surface area contributed by atoms with Crippen LogP contribution in [-0.2, 0) is 16.1 Å². The van der Waals surface area contributed by atoms with Crippen molar-refractivity contribution in [2.24, 2.45) is 11.8 Å². The molecule has 0 saturated heterocycles. The molecule has 3 unspecified atom stereocenters. The van der Waals surface area contributed by atoms with Crippen LogP contribution < -0.4 is 5.32 Å². The molecule has 1 aliphatic rings. The van der Waals surface area contributed by atoms with Crippen LogP contribution in [0.4, 0.5) is 0 Å². The van der Waals surface area contributed by atoms with Crippen LogP contribution in [0.5, 0.6) is 0 Å². The number of benzene rings is 1. The van der Waals surface area contributed by atoms with Gasteiger partial charge in [-0.1, -0.05) is 44.2 Å². The van der Waals surface area contributed by atoms with Crippen LogP contribution in [0.15, 0.2) is 30.3 Å². The number of hydrogen-bond donors (Lipinski definition) is 1. The second-order valence-electron chi connectivity index (χ2n) is 5.22. The third-order valence-electron chi connectivity index (χ3n) is 3.42. The molecule has 0 aromatic heterocycles. The molecule has 0 bridgehead atoms. The van der Waals surface area contributed by atoms with E-state index < -0.39 is 0 Å². The van der Waals surface area contributed by atoms with Crippen LogP contribution in [0.1, 0.15) is 25.8 Å². The molecule has 98 valence electrons. The van der Waals surface area contributed by atoms with E-state index in [1.165, 1.54) is 6.42 Å². The van der Waals surface area contributed by atoms with Gasteiger partial charge in [-0.3, -0.25) is 4.79 Å². The molecular weight excluding hydrogens is 226 g/mol. The average molecular weight is 247 g/mol. The molecule has 1 aromatic rings. The topological polar surface area (TPSA) is 38.3 Å². The Kier molecular flexibility index (Phi) is 4.37. The number of carbonyl (C=O) groups excluding carboxylic acids is 1. The predicted octanol–water partition coefficient (Wildman–Crippen LogP) is 2.36. The maximum atomic E-state index is 11.8. The number of esters is 1. The molecule has 3 heteroatoms. The lowest BCUT2D eigenvalue weighted by molar-refractivity contribution is -0.149. The second-order valence-corrected chi connectivity index (χ2v) is 5.22. The molecule has 1 aromatic carbocycles. The van der Waals surface area contributed by atoms with E-state index >= 15 is 0 Å². The first-order valence-corrected chi connectivity index (χ1v) is 6.60. The monoisotopic (exact) mass is 247 g/mol. The standard InChI is InChI=1S/C15H21NO2/c1-11-8-14(11)16-9-12(2)15(17)18-10-13-6-4-3-5-7-13/h3-7,11-12,14,16H,8-10H2,1-2H3. The molecule has 3 nitrogen and oxygen atoms in total. The fourth-order valence-corrected chi connectivity index (χ4v) is 1.89. The largest absolute Gasteiger partial charge is 0.461 e. The van der Waals surface area contributed by atoms with Crippen LogP contribution in [0.3, 0.4) is 0 Å². The van der Waals surface area contributed by atoms with Gasteiger partial charge in [-0.25, -0.2) is 0 Å². The molecule has 0 aliphatic heterocycles. The quantitative estimate of drug-likeness (QED) is 0.784. The maximum Gasteiger partial charge on any atom is 0.310 e. The molecule has 1 fully saturated rings. The van der Waals surface area contributed by atoms with Crippen LogP contribution in [0.25, 0.3) is 0 Å². The van der Waals surface area contributed by atoms with Crippen molar-refractivity contribution in [3.8, 4) is 0 Å². The van der Waals surface area contributed by atoms with Crippen LogP contribution in [-0.4, -0.2) is 18.6 Å². The summed E-state index contributed by atoms with van der Waals surface area (Å²) in [4.78, 5) is 11.8. The highest BCUT2D eigenvalue weighted by molar-refractivity contribution is 5.72. The Labute approximate surface area is 109 Å². The third kappa shape index (κ3) is 3.84. The van der Waals surface area contributed by atoms with Crippen molar-refractivity contribution in [2.45, 2.75) is 32.9 Å². The van der Waals surface area contributed by atoms with Gasteiger partial charge in [0, 0.05) is 12.6 Å². The lowest BCUT2D eigenvalue weighted by Gasteiger charge is -2.12. The molecule has 0 amide bonds. The SMILES string of the molecule is CC(CNC1CC1C)C(=O)OCc1ccccc1. The van der Waals surface area contributed by atoms with Crippen molar-refractivity contribution in [1.29, 1.82) is 0 Å². The van der Waals surface area contributed by atoms with Crippen molar-refractivity contribution in [3.63, 3.8) is 0 Å². The second kappa shape index (κ2) is 6.01. The summed E-state index contributed by atoms with van der Waals surface area (Å²) in [6, 6.07) is 10.4. The number of hydrogen-bond acceptors (Lipinski definition) is 3. The minimum atomic E-state index is -0.125. The molecule has 2 rings (SSSR count). The zero-order valence-corrected chi connectivity index (χ0v) is 11.1. The van der Waals surface area contributed by atoms with Crippen molar-refractivity contribution in [3.05, 3.63) is 35.9 Å². The van der Waals surface area contributed by atoms with Gasteiger partial charge in [0.2, 0.25) is 0 Å². The Balaban J connectivity index is 1.67. The Hall–Kier alpha value is -1.35. The Morgan fingerprint density at radius 3 is 2.72 bits per heavy atom. The maximum absolute atomic E-state index is 11.8. The zero-order chi connectivity index (χ0) is 13.0. The van der Waals surface area contributed by atoms with Crippen molar-refractivity contribution in [2.75, 3.05) is 6.54 Å². The van der Waals surface area contributed by atoms with Gasteiger partial charge in [-0.15, -0.1) is 0 Å². The van der Waals surface area contributed by atoms with Gasteiger partial charge in [-0.2, -0.15) is 0 Å². The van der Waals surface area contributed by atoms with Gasteiger partial charge in [0.05, 0.1) is 5.92 Å². The van der Waals surface area contributed by atoms with E-state index in [0.29, 0.717) is 19.2 Å². The van der Waals surface area contributed by atoms with Crippen molar-refractivity contribution >= 4 is 5.97 Å². The summed E-state index contributed by atoms with van der Waals surface area (Å²) in [5.74, 6) is 0.554. The van der Waals surface area contributed by atoms with Gasteiger partial charge >= 0.3 is 5.97 Å². The van der Waals surface area contributed by atoms with Crippen molar-refractivity contribution < 1.29 is 9.53 Å². The smallest absolute Gasteiger partial charge is 0.310 e. The summed E-state index contributed by atoms with van der Waals surface area (Å²) in [5, 5.41) is 3.38. The van der Waals surface area contributed by atoms with Gasteiger partial charge < -0.3 is 10.1 Å². The van der Waals surface area contributed by atoms with Crippen LogP contribution in [0.2, 0.25) is 0 Å². The fraction of sp³-hybridized carbons (Fsp3) is 0.533. The lowest BCUT2D eigenvalue weighted by atomic mass is 10.2. The average Bonchev–Trinajstić information content (AvgIpc) is 3.10. The molecular formula is C15H21NO2. The number of carbonyl (C=O) groups is 1. The fourth-order valence-electron chi connectivity index (χ4n) is 1.89. The van der Waals surface area contributed by atoms with E-state index in [9.17, 15) is 4.79 Å². The van der Waals surface area contributed by atoms with E-state index in [2.05, 4.69) is 12.2 Å². The Morgan fingerprint density at radius 2 is 2.11 bits per heavy atom. The molecule has 0 radical (unpaired) electrons. The number of rotatable bonds is 6.